The number of unbranched alkanes of at least 4 members (excludes halogenated alkanes) is 1. The second-order valence-corrected chi connectivity index (χ2v) is 13.3. The highest BCUT2D eigenvalue weighted by atomic mass is 32.2. The summed E-state index contributed by atoms with van der Waals surface area (Å²) >= 11 is 0. The van der Waals surface area contributed by atoms with Gasteiger partial charge >= 0.3 is 22.8 Å². The third-order valence-corrected chi connectivity index (χ3v) is 9.86. The van der Waals surface area contributed by atoms with Crippen LogP contribution in [0.2, 0.25) is 0 Å². The summed E-state index contributed by atoms with van der Waals surface area (Å²) < 4.78 is 79.8. The first kappa shape index (κ1) is 37.3. The van der Waals surface area contributed by atoms with Crippen LogP contribution >= 0.6 is 0 Å². The molecule has 0 radical (unpaired) electrons. The largest absolute Gasteiger partial charge is 0.493 e. The molecule has 1 aromatic heterocycles. The van der Waals surface area contributed by atoms with Gasteiger partial charge in [0.2, 0.25) is 25.1 Å². The van der Waals surface area contributed by atoms with Crippen LogP contribution in [0.15, 0.2) is 57.0 Å². The summed E-state index contributed by atoms with van der Waals surface area (Å²) in [6.45, 7) is 0.768. The van der Waals surface area contributed by atoms with Crippen LogP contribution in [0, 0.1) is 5.21 Å². The molecule has 1 N–H and O–H groups in total. The van der Waals surface area contributed by atoms with E-state index in [1.54, 1.807) is 6.07 Å². The molecular weight excluding hydrogens is 738 g/mol. The Bertz CT molecular complexity index is 2190. The van der Waals surface area contributed by atoms with Crippen LogP contribution < -0.4 is 43.4 Å². The summed E-state index contributed by atoms with van der Waals surface area (Å²) in [7, 11) is -0.356. The molecule has 2 aliphatic rings. The average Bonchev–Trinajstić information content (AvgIpc) is 3.95. The molecule has 54 heavy (non-hydrogen) atoms. The summed E-state index contributed by atoms with van der Waals surface area (Å²) in [5.74, 6) is -2.08. The Kier molecular flexibility index (Phi) is 10.8. The first-order valence-electron chi connectivity index (χ1n) is 16.1. The van der Waals surface area contributed by atoms with Crippen molar-refractivity contribution < 1.29 is 75.0 Å². The molecule has 19 nitrogen and oxygen atoms in total. The van der Waals surface area contributed by atoms with E-state index in [-0.39, 0.29) is 106 Å². The number of amides is 1. The highest BCUT2D eigenvalue weighted by Crippen LogP contribution is 2.56. The van der Waals surface area contributed by atoms with Crippen LogP contribution in [0.1, 0.15) is 40.5 Å². The van der Waals surface area contributed by atoms with Crippen LogP contribution in [0.4, 0.5) is 0 Å². The SMILES string of the molecule is COC(=O)c1cc(OC)c2c(c1-c1c(C(=O)N[C@@H](C)C(=O)OCCCCOc3no[n+]([O-])c3S(=O)(=O)c3ccccc3)cc(OC)c3c1OCO3)OCO2. The van der Waals surface area contributed by atoms with Gasteiger partial charge < -0.3 is 53.2 Å². The quantitative estimate of drug-likeness (QED) is 0.104. The first-order chi connectivity index (χ1) is 26.0. The van der Waals surface area contributed by atoms with Crippen LogP contribution in [0.5, 0.6) is 40.4 Å². The number of nitrogens with one attached hydrogen (secondary N) is 1. The maximum absolute atomic E-state index is 14.0. The standard InChI is InChI=1S/C34H33N3O16S/c1-18(33(39)48-13-9-8-12-47-31-32(37(41)53-36-31)54(42,43)19-10-6-5-7-11-19)35-30(38)20-14-22(44-2)26-28(51-16-49-26)24(20)25-21(34(40)46-4)15-23(45-3)27-29(25)52-17-50-27/h5-7,10-11,14-15,18H,8-9,12-13,16-17H2,1-4H3,(H,35,38)/t18-/m0/s1. The van der Waals surface area contributed by atoms with E-state index in [2.05, 4.69) is 15.1 Å². The number of hydrogen-bond acceptors (Lipinski definition) is 17. The molecule has 2 aliphatic heterocycles. The van der Waals surface area contributed by atoms with Gasteiger partial charge in [0.05, 0.1) is 55.7 Å². The molecule has 0 fully saturated rings. The minimum atomic E-state index is -4.29. The van der Waals surface area contributed by atoms with Crippen LogP contribution in [0.3, 0.4) is 0 Å². The lowest BCUT2D eigenvalue weighted by Crippen LogP contribution is -2.40. The summed E-state index contributed by atoms with van der Waals surface area (Å²) in [6.07, 6.45) is 0.512. The summed E-state index contributed by atoms with van der Waals surface area (Å²) in [4.78, 5) is 39.6. The molecule has 1 amide bonds. The number of aromatic nitrogens is 2. The molecule has 0 saturated carbocycles. The lowest BCUT2D eigenvalue weighted by Gasteiger charge is -2.20. The number of carbonyl (C=O) groups excluding carboxylic acids is 3. The number of sulfone groups is 1. The highest BCUT2D eigenvalue weighted by Gasteiger charge is 2.38. The van der Waals surface area contributed by atoms with E-state index in [0.29, 0.717) is 0 Å². The zero-order chi connectivity index (χ0) is 38.6. The Balaban J connectivity index is 1.14. The molecule has 0 unspecified atom stereocenters. The van der Waals surface area contributed by atoms with Crippen molar-refractivity contribution in [2.75, 3.05) is 48.1 Å². The number of benzene rings is 3. The van der Waals surface area contributed by atoms with Crippen molar-refractivity contribution in [2.45, 2.75) is 35.7 Å². The minimum Gasteiger partial charge on any atom is -0.493 e. The Labute approximate surface area is 306 Å². The minimum absolute atomic E-state index is 0.0447. The Hall–Kier alpha value is -6.44. The second kappa shape index (κ2) is 15.7. The predicted octanol–water partition coefficient (Wildman–Crippen LogP) is 2.59. The van der Waals surface area contributed by atoms with Gasteiger partial charge in [-0.3, -0.25) is 9.42 Å². The third-order valence-electron chi connectivity index (χ3n) is 8.13. The van der Waals surface area contributed by atoms with Crippen molar-refractivity contribution in [3.63, 3.8) is 0 Å². The molecule has 20 heteroatoms. The molecule has 0 bridgehead atoms. The van der Waals surface area contributed by atoms with Crippen molar-refractivity contribution in [1.82, 2.24) is 10.5 Å². The number of hydrogen-bond donors (Lipinski definition) is 1. The molecule has 6 rings (SSSR count). The molecule has 0 aliphatic carbocycles. The van der Waals surface area contributed by atoms with E-state index in [1.165, 1.54) is 64.7 Å². The van der Waals surface area contributed by atoms with Crippen molar-refractivity contribution in [3.05, 3.63) is 58.8 Å². The summed E-state index contributed by atoms with van der Waals surface area (Å²) in [5, 5.41) is 17.3. The zero-order valence-electron chi connectivity index (χ0n) is 29.2. The number of carbonyl (C=O) groups is 3. The molecule has 286 valence electrons. The molecular formula is C34H33N3O16S. The monoisotopic (exact) mass is 771 g/mol. The van der Waals surface area contributed by atoms with Gasteiger partial charge in [-0.2, -0.15) is 0 Å². The fraction of sp³-hybridized carbons (Fsp3) is 0.324. The Morgan fingerprint density at radius 3 is 2.06 bits per heavy atom. The van der Waals surface area contributed by atoms with Crippen LogP contribution in [0.25, 0.3) is 11.1 Å². The Morgan fingerprint density at radius 1 is 0.870 bits per heavy atom. The topological polar surface area (TPSA) is 233 Å². The van der Waals surface area contributed by atoms with Crippen molar-refractivity contribution in [3.8, 4) is 51.5 Å². The molecule has 0 spiro atoms. The average molecular weight is 772 g/mol. The number of fused-ring (bicyclic) bond motifs is 2. The molecule has 0 saturated heterocycles. The molecule has 3 aromatic carbocycles. The maximum atomic E-state index is 14.0. The number of esters is 2. The first-order valence-corrected chi connectivity index (χ1v) is 17.6. The van der Waals surface area contributed by atoms with E-state index >= 15 is 0 Å². The Morgan fingerprint density at radius 2 is 1.44 bits per heavy atom. The van der Waals surface area contributed by atoms with Gasteiger partial charge in [-0.15, -0.1) is 0 Å². The van der Waals surface area contributed by atoms with Gasteiger partial charge in [0.25, 0.3) is 15.7 Å². The van der Waals surface area contributed by atoms with Gasteiger partial charge in [-0.25, -0.2) is 18.0 Å². The van der Waals surface area contributed by atoms with Crippen molar-refractivity contribution in [1.29, 1.82) is 0 Å². The normalized spacial score (nSPS) is 13.2. The van der Waals surface area contributed by atoms with Crippen LogP contribution in [-0.2, 0) is 24.1 Å². The van der Waals surface area contributed by atoms with Gasteiger partial charge in [-0.1, -0.05) is 18.2 Å². The summed E-state index contributed by atoms with van der Waals surface area (Å²) in [6, 6.07) is 8.80. The van der Waals surface area contributed by atoms with Crippen molar-refractivity contribution >= 4 is 27.7 Å². The van der Waals surface area contributed by atoms with Gasteiger partial charge in [0.1, 0.15) is 6.04 Å². The fourth-order valence-corrected chi connectivity index (χ4v) is 6.87. The second-order valence-electron chi connectivity index (χ2n) is 11.4. The number of methoxy groups -OCH3 is 3. The lowest BCUT2D eigenvalue weighted by atomic mass is 9.91. The van der Waals surface area contributed by atoms with Gasteiger partial charge in [0.15, 0.2) is 23.0 Å². The number of nitrogens with zero attached hydrogens (tertiary/aromatic N) is 2. The van der Waals surface area contributed by atoms with Crippen molar-refractivity contribution in [2.24, 2.45) is 0 Å². The van der Waals surface area contributed by atoms with Gasteiger partial charge in [-0.05, 0) is 48.9 Å². The van der Waals surface area contributed by atoms with E-state index in [1.807, 2.05) is 0 Å². The molecule has 1 atom stereocenters. The lowest BCUT2D eigenvalue weighted by molar-refractivity contribution is -0.832. The smallest absolute Gasteiger partial charge is 0.414 e. The van der Waals surface area contributed by atoms with E-state index < -0.39 is 44.6 Å². The molecule has 3 heterocycles. The van der Waals surface area contributed by atoms with E-state index in [4.69, 9.17) is 42.6 Å². The third kappa shape index (κ3) is 7.01. The van der Waals surface area contributed by atoms with Gasteiger partial charge in [0, 0.05) is 11.1 Å². The number of ether oxygens (including phenoxy) is 9. The van der Waals surface area contributed by atoms with E-state index in [0.717, 1.165) is 0 Å². The molecule has 4 aromatic rings. The summed E-state index contributed by atoms with van der Waals surface area (Å²) in [5.41, 5.74) is 0.0294. The zero-order valence-corrected chi connectivity index (χ0v) is 30.0. The number of rotatable bonds is 15. The van der Waals surface area contributed by atoms with E-state index in [9.17, 15) is 28.0 Å². The predicted molar refractivity (Wildman–Crippen MR) is 179 cm³/mol. The fourth-order valence-electron chi connectivity index (χ4n) is 5.57. The maximum Gasteiger partial charge on any atom is 0.414 e. The van der Waals surface area contributed by atoms with Crippen LogP contribution in [-0.4, -0.2) is 85.6 Å². The highest BCUT2D eigenvalue weighted by molar-refractivity contribution is 7.91.